The summed E-state index contributed by atoms with van der Waals surface area (Å²) in [5, 5.41) is 8.81. The fourth-order valence-electron chi connectivity index (χ4n) is 1.30. The summed E-state index contributed by atoms with van der Waals surface area (Å²) in [6.07, 6.45) is 3.06. The largest absolute Gasteiger partial charge is 0.493 e. The SMILES string of the molecule is COc1cc(C#N)ccc1Oc1ncncc1I. The van der Waals surface area contributed by atoms with Gasteiger partial charge in [0.1, 0.15) is 6.33 Å². The van der Waals surface area contributed by atoms with Gasteiger partial charge in [-0.25, -0.2) is 9.97 Å². The molecule has 0 fully saturated rings. The Labute approximate surface area is 118 Å². The Morgan fingerprint density at radius 3 is 2.83 bits per heavy atom. The molecule has 0 atom stereocenters. The summed E-state index contributed by atoms with van der Waals surface area (Å²) in [5.74, 6) is 1.45. The van der Waals surface area contributed by atoms with Crippen molar-refractivity contribution in [3.05, 3.63) is 39.9 Å². The predicted molar refractivity (Wildman–Crippen MR) is 72.5 cm³/mol. The molecule has 2 aromatic rings. The Morgan fingerprint density at radius 2 is 2.17 bits per heavy atom. The van der Waals surface area contributed by atoms with Gasteiger partial charge in [-0.1, -0.05) is 0 Å². The molecule has 1 heterocycles. The first-order chi connectivity index (χ1) is 8.74. The highest BCUT2D eigenvalue weighted by atomic mass is 127. The zero-order valence-electron chi connectivity index (χ0n) is 9.42. The van der Waals surface area contributed by atoms with Crippen LogP contribution in [0.15, 0.2) is 30.7 Å². The molecule has 0 saturated carbocycles. The predicted octanol–water partition coefficient (Wildman–Crippen LogP) is 2.75. The number of rotatable bonds is 3. The average Bonchev–Trinajstić information content (AvgIpc) is 2.41. The number of nitriles is 1. The minimum absolute atomic E-state index is 0.452. The van der Waals surface area contributed by atoms with Gasteiger partial charge in [-0.2, -0.15) is 5.26 Å². The Kier molecular flexibility index (Phi) is 3.94. The monoisotopic (exact) mass is 353 g/mol. The second kappa shape index (κ2) is 5.64. The third-order valence-electron chi connectivity index (χ3n) is 2.13. The maximum atomic E-state index is 8.81. The fraction of sp³-hybridized carbons (Fsp3) is 0.0833. The van der Waals surface area contributed by atoms with Gasteiger partial charge in [-0.05, 0) is 34.7 Å². The third kappa shape index (κ3) is 2.68. The van der Waals surface area contributed by atoms with Gasteiger partial charge >= 0.3 is 0 Å². The molecular weight excluding hydrogens is 345 g/mol. The summed E-state index contributed by atoms with van der Waals surface area (Å²) >= 11 is 2.08. The molecule has 0 radical (unpaired) electrons. The van der Waals surface area contributed by atoms with Gasteiger partial charge in [-0.3, -0.25) is 0 Å². The highest BCUT2D eigenvalue weighted by molar-refractivity contribution is 14.1. The molecular formula is C12H8IN3O2. The van der Waals surface area contributed by atoms with E-state index >= 15 is 0 Å². The van der Waals surface area contributed by atoms with Gasteiger partial charge < -0.3 is 9.47 Å². The van der Waals surface area contributed by atoms with Gasteiger partial charge in [0.15, 0.2) is 11.5 Å². The van der Waals surface area contributed by atoms with Crippen molar-refractivity contribution in [2.45, 2.75) is 0 Å². The lowest BCUT2D eigenvalue weighted by Gasteiger charge is -2.10. The molecule has 0 N–H and O–H groups in total. The maximum absolute atomic E-state index is 8.81. The Morgan fingerprint density at radius 1 is 1.33 bits per heavy atom. The minimum Gasteiger partial charge on any atom is -0.493 e. The van der Waals surface area contributed by atoms with Gasteiger partial charge in [0.25, 0.3) is 0 Å². The van der Waals surface area contributed by atoms with Gasteiger partial charge in [-0.15, -0.1) is 0 Å². The van der Waals surface area contributed by atoms with E-state index in [9.17, 15) is 0 Å². The van der Waals surface area contributed by atoms with Crippen molar-refractivity contribution in [1.29, 1.82) is 5.26 Å². The van der Waals surface area contributed by atoms with Crippen molar-refractivity contribution in [2.24, 2.45) is 0 Å². The van der Waals surface area contributed by atoms with Crippen molar-refractivity contribution in [2.75, 3.05) is 7.11 Å². The third-order valence-corrected chi connectivity index (χ3v) is 2.87. The molecule has 2 rings (SSSR count). The molecule has 0 saturated heterocycles. The first-order valence-corrected chi connectivity index (χ1v) is 6.04. The molecule has 0 aliphatic rings. The van der Waals surface area contributed by atoms with E-state index in [0.717, 1.165) is 3.57 Å². The van der Waals surface area contributed by atoms with Crippen LogP contribution in [-0.2, 0) is 0 Å². The molecule has 5 nitrogen and oxygen atoms in total. The number of hydrogen-bond acceptors (Lipinski definition) is 5. The number of nitrogens with zero attached hydrogens (tertiary/aromatic N) is 3. The zero-order valence-corrected chi connectivity index (χ0v) is 11.6. The van der Waals surface area contributed by atoms with Crippen LogP contribution in [-0.4, -0.2) is 17.1 Å². The summed E-state index contributed by atoms with van der Waals surface area (Å²) in [7, 11) is 1.52. The highest BCUT2D eigenvalue weighted by Gasteiger charge is 2.09. The minimum atomic E-state index is 0.452. The van der Waals surface area contributed by atoms with E-state index in [0.29, 0.717) is 22.9 Å². The first kappa shape index (κ1) is 12.6. The van der Waals surface area contributed by atoms with E-state index in [1.54, 1.807) is 24.4 Å². The Balaban J connectivity index is 2.35. The molecule has 1 aromatic carbocycles. The van der Waals surface area contributed by atoms with Crippen LogP contribution in [0.4, 0.5) is 0 Å². The molecule has 0 unspecified atom stereocenters. The van der Waals surface area contributed by atoms with E-state index in [1.807, 2.05) is 6.07 Å². The fourth-order valence-corrected chi connectivity index (χ4v) is 1.71. The van der Waals surface area contributed by atoms with E-state index in [4.69, 9.17) is 14.7 Å². The number of hydrogen-bond donors (Lipinski definition) is 0. The van der Waals surface area contributed by atoms with Crippen molar-refractivity contribution in [1.82, 2.24) is 9.97 Å². The summed E-state index contributed by atoms with van der Waals surface area (Å²) < 4.78 is 11.6. The highest BCUT2D eigenvalue weighted by Crippen LogP contribution is 2.32. The van der Waals surface area contributed by atoms with E-state index in [2.05, 4.69) is 32.6 Å². The van der Waals surface area contributed by atoms with Crippen LogP contribution in [0.1, 0.15) is 5.56 Å². The number of aromatic nitrogens is 2. The van der Waals surface area contributed by atoms with Gasteiger partial charge in [0, 0.05) is 12.3 Å². The number of halogens is 1. The van der Waals surface area contributed by atoms with Crippen LogP contribution in [0.2, 0.25) is 0 Å². The molecule has 18 heavy (non-hydrogen) atoms. The second-order valence-corrected chi connectivity index (χ2v) is 4.42. The summed E-state index contributed by atoms with van der Waals surface area (Å²) in [5.41, 5.74) is 0.511. The Hall–Kier alpha value is -1.88. The smallest absolute Gasteiger partial charge is 0.235 e. The summed E-state index contributed by atoms with van der Waals surface area (Å²) in [6.45, 7) is 0. The molecule has 0 aliphatic carbocycles. The summed E-state index contributed by atoms with van der Waals surface area (Å²) in [4.78, 5) is 7.91. The Bertz CT molecular complexity index is 611. The maximum Gasteiger partial charge on any atom is 0.235 e. The van der Waals surface area contributed by atoms with E-state index in [-0.39, 0.29) is 0 Å². The standard InChI is InChI=1S/C12H8IN3O2/c1-17-11-4-8(5-14)2-3-10(11)18-12-9(13)6-15-7-16-12/h2-4,6-7H,1H3. The van der Waals surface area contributed by atoms with Crippen molar-refractivity contribution >= 4 is 22.6 Å². The average molecular weight is 353 g/mol. The number of ether oxygens (including phenoxy) is 2. The van der Waals surface area contributed by atoms with E-state index in [1.165, 1.54) is 13.4 Å². The second-order valence-electron chi connectivity index (χ2n) is 3.26. The molecule has 1 aromatic heterocycles. The van der Waals surface area contributed by atoms with Crippen LogP contribution in [0.5, 0.6) is 17.4 Å². The van der Waals surface area contributed by atoms with Crippen molar-refractivity contribution in [3.63, 3.8) is 0 Å². The lowest BCUT2D eigenvalue weighted by molar-refractivity contribution is 0.372. The normalized spacial score (nSPS) is 9.61. The van der Waals surface area contributed by atoms with E-state index < -0.39 is 0 Å². The summed E-state index contributed by atoms with van der Waals surface area (Å²) in [6, 6.07) is 6.99. The van der Waals surface area contributed by atoms with Crippen LogP contribution in [0.3, 0.4) is 0 Å². The zero-order chi connectivity index (χ0) is 13.0. The molecule has 0 amide bonds. The van der Waals surface area contributed by atoms with Crippen molar-refractivity contribution in [3.8, 4) is 23.4 Å². The molecule has 0 aliphatic heterocycles. The molecule has 6 heteroatoms. The molecule has 0 spiro atoms. The van der Waals surface area contributed by atoms with Crippen LogP contribution in [0, 0.1) is 14.9 Å². The molecule has 90 valence electrons. The molecule has 0 bridgehead atoms. The quantitative estimate of drug-likeness (QED) is 0.794. The van der Waals surface area contributed by atoms with Gasteiger partial charge in [0.05, 0.1) is 22.3 Å². The lowest BCUT2D eigenvalue weighted by Crippen LogP contribution is -1.95. The topological polar surface area (TPSA) is 68.0 Å². The number of benzene rings is 1. The first-order valence-electron chi connectivity index (χ1n) is 4.96. The lowest BCUT2D eigenvalue weighted by atomic mass is 10.2. The van der Waals surface area contributed by atoms with Crippen LogP contribution >= 0.6 is 22.6 Å². The van der Waals surface area contributed by atoms with Crippen molar-refractivity contribution < 1.29 is 9.47 Å². The van der Waals surface area contributed by atoms with Crippen LogP contribution < -0.4 is 9.47 Å². The number of methoxy groups -OCH3 is 1. The van der Waals surface area contributed by atoms with Crippen LogP contribution in [0.25, 0.3) is 0 Å². The van der Waals surface area contributed by atoms with Gasteiger partial charge in [0.2, 0.25) is 5.88 Å².